The smallest absolute Gasteiger partial charge is 0.238 e. The molecule has 0 spiro atoms. The second kappa shape index (κ2) is 9.00. The summed E-state index contributed by atoms with van der Waals surface area (Å²) in [6.07, 6.45) is 4.11. The van der Waals surface area contributed by atoms with Crippen molar-refractivity contribution in [3.8, 4) is 11.5 Å². The van der Waals surface area contributed by atoms with E-state index in [0.29, 0.717) is 22.9 Å². The van der Waals surface area contributed by atoms with Crippen molar-refractivity contribution in [1.82, 2.24) is 0 Å². The molecule has 2 aromatic carbocycles. The number of methoxy groups -OCH3 is 2. The van der Waals surface area contributed by atoms with Gasteiger partial charge < -0.3 is 14.8 Å². The van der Waals surface area contributed by atoms with Gasteiger partial charge in [0.15, 0.2) is 0 Å². The summed E-state index contributed by atoms with van der Waals surface area (Å²) in [4.78, 5) is 27.3. The topological polar surface area (TPSA) is 67.9 Å². The molecule has 4 rings (SSSR count). The van der Waals surface area contributed by atoms with Gasteiger partial charge in [0.1, 0.15) is 16.9 Å². The van der Waals surface area contributed by atoms with Crippen LogP contribution in [0.5, 0.6) is 11.5 Å². The highest BCUT2D eigenvalue weighted by Crippen LogP contribution is 2.47. The highest BCUT2D eigenvalue weighted by atomic mass is 32.2. The van der Waals surface area contributed by atoms with Gasteiger partial charge in [0.05, 0.1) is 25.7 Å². The van der Waals surface area contributed by atoms with Crippen LogP contribution in [0.4, 0.5) is 11.4 Å². The Labute approximate surface area is 180 Å². The van der Waals surface area contributed by atoms with Gasteiger partial charge in [0, 0.05) is 23.2 Å². The highest BCUT2D eigenvalue weighted by molar-refractivity contribution is 8.00. The Morgan fingerprint density at radius 3 is 2.60 bits per heavy atom. The predicted molar refractivity (Wildman–Crippen MR) is 119 cm³/mol. The van der Waals surface area contributed by atoms with Gasteiger partial charge in [-0.3, -0.25) is 14.5 Å². The Morgan fingerprint density at radius 1 is 1.10 bits per heavy atom. The Hall–Kier alpha value is -2.67. The second-order valence-corrected chi connectivity index (χ2v) is 8.59. The van der Waals surface area contributed by atoms with Gasteiger partial charge in [-0.05, 0) is 31.0 Å². The van der Waals surface area contributed by atoms with E-state index in [1.54, 1.807) is 36.9 Å². The normalized spacial score (nSPS) is 19.2. The number of ether oxygens (including phenoxy) is 2. The number of carbonyl (C=O) groups is 2. The Morgan fingerprint density at radius 2 is 1.87 bits per heavy atom. The molecule has 1 heterocycles. The van der Waals surface area contributed by atoms with Crippen molar-refractivity contribution < 1.29 is 19.1 Å². The lowest BCUT2D eigenvalue weighted by atomic mass is 10.1. The fourth-order valence-electron chi connectivity index (χ4n) is 4.15. The molecule has 2 aromatic rings. The number of nitrogens with zero attached hydrogens (tertiary/aromatic N) is 1. The van der Waals surface area contributed by atoms with Gasteiger partial charge in [-0.15, -0.1) is 11.8 Å². The third-order valence-corrected chi connectivity index (χ3v) is 6.92. The van der Waals surface area contributed by atoms with Crippen molar-refractivity contribution in [3.05, 3.63) is 48.0 Å². The number of hydrogen-bond acceptors (Lipinski definition) is 5. The Bertz CT molecular complexity index is 943. The van der Waals surface area contributed by atoms with Crippen LogP contribution in [0.25, 0.3) is 0 Å². The first-order chi connectivity index (χ1) is 14.6. The van der Waals surface area contributed by atoms with Crippen LogP contribution in [0, 0.1) is 5.92 Å². The van der Waals surface area contributed by atoms with Crippen LogP contribution in [0.1, 0.15) is 36.6 Å². The summed E-state index contributed by atoms with van der Waals surface area (Å²) < 4.78 is 10.8. The van der Waals surface area contributed by atoms with Gasteiger partial charge in [0.25, 0.3) is 0 Å². The van der Waals surface area contributed by atoms with Gasteiger partial charge in [-0.2, -0.15) is 0 Å². The van der Waals surface area contributed by atoms with Crippen LogP contribution >= 0.6 is 11.8 Å². The van der Waals surface area contributed by atoms with Crippen LogP contribution < -0.4 is 19.7 Å². The van der Waals surface area contributed by atoms with Crippen LogP contribution in [0.15, 0.2) is 42.5 Å². The number of nitrogens with one attached hydrogen (secondary N) is 1. The molecule has 2 amide bonds. The molecule has 6 nitrogen and oxygen atoms in total. The molecule has 1 saturated heterocycles. The summed E-state index contributed by atoms with van der Waals surface area (Å²) in [6.45, 7) is 0. The molecule has 1 aliphatic heterocycles. The number of para-hydroxylation sites is 1. The van der Waals surface area contributed by atoms with Gasteiger partial charge in [-0.1, -0.05) is 31.0 Å². The summed E-state index contributed by atoms with van der Waals surface area (Å²) in [5, 5.41) is 2.87. The number of benzene rings is 2. The van der Waals surface area contributed by atoms with E-state index in [-0.39, 0.29) is 23.1 Å². The molecule has 1 saturated carbocycles. The minimum Gasteiger partial charge on any atom is -0.497 e. The molecule has 0 radical (unpaired) electrons. The lowest BCUT2D eigenvalue weighted by Gasteiger charge is -2.27. The lowest BCUT2D eigenvalue weighted by molar-refractivity contribution is -0.119. The number of amides is 2. The maximum Gasteiger partial charge on any atom is 0.238 e. The largest absolute Gasteiger partial charge is 0.497 e. The van der Waals surface area contributed by atoms with Gasteiger partial charge in [0.2, 0.25) is 11.8 Å². The molecule has 1 N–H and O–H groups in total. The third-order valence-electron chi connectivity index (χ3n) is 5.72. The molecular weight excluding hydrogens is 400 g/mol. The standard InChI is InChI=1S/C23H26N2O4S/c1-28-16-11-12-19(20(13-16)29-2)25-21(26)14-30-23(25)17-9-5-6-10-18(17)24-22(27)15-7-3-4-8-15/h5-6,9-13,15,23H,3-4,7-8,14H2,1-2H3,(H,24,27)/t23-/m1/s1. The summed E-state index contributed by atoms with van der Waals surface area (Å²) in [6, 6.07) is 13.2. The molecule has 2 fully saturated rings. The zero-order chi connectivity index (χ0) is 21.1. The number of carbonyl (C=O) groups excluding carboxylic acids is 2. The molecule has 0 bridgehead atoms. The second-order valence-electron chi connectivity index (χ2n) is 7.52. The lowest BCUT2D eigenvalue weighted by Crippen LogP contribution is -2.29. The molecule has 0 unspecified atom stereocenters. The molecule has 7 heteroatoms. The van der Waals surface area contributed by atoms with Crippen molar-refractivity contribution in [2.24, 2.45) is 5.92 Å². The fourth-order valence-corrected chi connectivity index (χ4v) is 5.35. The maximum absolute atomic E-state index is 12.9. The fraction of sp³-hybridized carbons (Fsp3) is 0.391. The molecular formula is C23H26N2O4S. The summed E-state index contributed by atoms with van der Waals surface area (Å²) in [7, 11) is 3.17. The average Bonchev–Trinajstić information content (AvgIpc) is 3.44. The van der Waals surface area contributed by atoms with E-state index in [0.717, 1.165) is 36.9 Å². The first-order valence-corrected chi connectivity index (χ1v) is 11.2. The molecule has 0 aromatic heterocycles. The zero-order valence-corrected chi connectivity index (χ0v) is 18.0. The van der Waals surface area contributed by atoms with Crippen molar-refractivity contribution in [2.45, 2.75) is 31.1 Å². The van der Waals surface area contributed by atoms with E-state index in [2.05, 4.69) is 5.32 Å². The Balaban J connectivity index is 1.67. The van der Waals surface area contributed by atoms with Crippen LogP contribution in [0.2, 0.25) is 0 Å². The number of hydrogen-bond donors (Lipinski definition) is 1. The summed E-state index contributed by atoms with van der Waals surface area (Å²) in [5.74, 6) is 1.75. The number of anilines is 2. The first kappa shape index (κ1) is 20.6. The minimum atomic E-state index is -0.250. The van der Waals surface area contributed by atoms with Crippen LogP contribution in [-0.4, -0.2) is 31.8 Å². The third kappa shape index (κ3) is 3.99. The SMILES string of the molecule is COc1ccc(N2C(=O)CS[C@@H]2c2ccccc2NC(=O)C2CCCC2)c(OC)c1. The predicted octanol–water partition coefficient (Wildman–Crippen LogP) is 4.61. The van der Waals surface area contributed by atoms with Crippen LogP contribution in [0.3, 0.4) is 0 Å². The van der Waals surface area contributed by atoms with E-state index >= 15 is 0 Å². The zero-order valence-electron chi connectivity index (χ0n) is 17.2. The van der Waals surface area contributed by atoms with Crippen molar-refractivity contribution >= 4 is 35.0 Å². The summed E-state index contributed by atoms with van der Waals surface area (Å²) >= 11 is 1.55. The van der Waals surface area contributed by atoms with Crippen molar-refractivity contribution in [2.75, 3.05) is 30.2 Å². The van der Waals surface area contributed by atoms with Gasteiger partial charge >= 0.3 is 0 Å². The number of rotatable bonds is 6. The maximum atomic E-state index is 12.9. The summed E-state index contributed by atoms with van der Waals surface area (Å²) in [5.41, 5.74) is 2.37. The quantitative estimate of drug-likeness (QED) is 0.731. The molecule has 1 aliphatic carbocycles. The highest BCUT2D eigenvalue weighted by Gasteiger charge is 2.37. The number of thioether (sulfide) groups is 1. The van der Waals surface area contributed by atoms with Gasteiger partial charge in [-0.25, -0.2) is 0 Å². The molecule has 2 aliphatic rings. The molecule has 30 heavy (non-hydrogen) atoms. The van der Waals surface area contributed by atoms with Crippen LogP contribution in [-0.2, 0) is 9.59 Å². The van der Waals surface area contributed by atoms with Crippen molar-refractivity contribution in [3.63, 3.8) is 0 Å². The van der Waals surface area contributed by atoms with E-state index in [4.69, 9.17) is 9.47 Å². The van der Waals surface area contributed by atoms with E-state index < -0.39 is 0 Å². The Kier molecular flexibility index (Phi) is 6.18. The minimum absolute atomic E-state index is 0.00499. The van der Waals surface area contributed by atoms with E-state index in [1.807, 2.05) is 36.4 Å². The van der Waals surface area contributed by atoms with Crippen molar-refractivity contribution in [1.29, 1.82) is 0 Å². The average molecular weight is 427 g/mol. The van der Waals surface area contributed by atoms with E-state index in [9.17, 15) is 9.59 Å². The molecule has 158 valence electrons. The van der Waals surface area contributed by atoms with E-state index in [1.165, 1.54) is 0 Å². The monoisotopic (exact) mass is 426 g/mol. The molecule has 1 atom stereocenters. The first-order valence-electron chi connectivity index (χ1n) is 10.2.